The van der Waals surface area contributed by atoms with Crippen LogP contribution in [-0.2, 0) is 52.4 Å². The number of esters is 5. The molecule has 1 atom stereocenters. The SMILES string of the molecule is CCCCCCCCCC(=O)OCC(COC(=O)CCCCCCCCC)OC(=O)CCCOC(=O)C(C)(COC(=O)C(C)C)COC(C)C. The predicted octanol–water partition coefficient (Wildman–Crippen LogP) is 8.22. The lowest BCUT2D eigenvalue weighted by atomic mass is 9.93. The summed E-state index contributed by atoms with van der Waals surface area (Å²) in [5, 5.41) is 0. The van der Waals surface area contributed by atoms with Crippen LogP contribution in [-0.4, -0.2) is 75.1 Å². The van der Waals surface area contributed by atoms with Gasteiger partial charge in [0.25, 0.3) is 0 Å². The van der Waals surface area contributed by atoms with Gasteiger partial charge in [-0.25, -0.2) is 0 Å². The molecule has 0 saturated heterocycles. The van der Waals surface area contributed by atoms with Crippen molar-refractivity contribution in [2.24, 2.45) is 11.3 Å². The van der Waals surface area contributed by atoms with Crippen LogP contribution in [0.5, 0.6) is 0 Å². The number of carbonyl (C=O) groups excluding carboxylic acids is 5. The summed E-state index contributed by atoms with van der Waals surface area (Å²) in [7, 11) is 0. The summed E-state index contributed by atoms with van der Waals surface area (Å²) in [6.45, 7) is 12.3. The lowest BCUT2D eigenvalue weighted by Crippen LogP contribution is -2.41. The maximum atomic E-state index is 13.0. The number of hydrogen-bond acceptors (Lipinski definition) is 11. The Hall–Kier alpha value is -2.69. The normalized spacial score (nSPS) is 12.5. The molecule has 0 bridgehead atoms. The van der Waals surface area contributed by atoms with Gasteiger partial charge in [-0.05, 0) is 40.0 Å². The molecule has 0 aromatic rings. The maximum absolute atomic E-state index is 13.0. The van der Waals surface area contributed by atoms with Crippen LogP contribution >= 0.6 is 0 Å². The highest BCUT2D eigenvalue weighted by Gasteiger charge is 2.38. The molecule has 11 nitrogen and oxygen atoms in total. The summed E-state index contributed by atoms with van der Waals surface area (Å²) in [4.78, 5) is 62.5. The molecule has 0 radical (unpaired) electrons. The van der Waals surface area contributed by atoms with Crippen LogP contribution in [0.1, 0.15) is 164 Å². The highest BCUT2D eigenvalue weighted by molar-refractivity contribution is 5.78. The molecule has 0 aliphatic carbocycles. The van der Waals surface area contributed by atoms with Crippen LogP contribution in [0.3, 0.4) is 0 Å². The topological polar surface area (TPSA) is 141 Å². The zero-order chi connectivity index (χ0) is 37.6. The highest BCUT2D eigenvalue weighted by atomic mass is 16.6. The second kappa shape index (κ2) is 30.0. The fourth-order valence-corrected chi connectivity index (χ4v) is 4.79. The molecule has 1 unspecified atom stereocenters. The van der Waals surface area contributed by atoms with Gasteiger partial charge in [0.05, 0.1) is 25.2 Å². The molecule has 0 amide bonds. The summed E-state index contributed by atoms with van der Waals surface area (Å²) >= 11 is 0. The van der Waals surface area contributed by atoms with Crippen molar-refractivity contribution in [3.63, 3.8) is 0 Å². The molecule has 0 aliphatic rings. The molecular weight excluding hydrogens is 644 g/mol. The van der Waals surface area contributed by atoms with Gasteiger partial charge < -0.3 is 28.4 Å². The molecule has 0 fully saturated rings. The lowest BCUT2D eigenvalue weighted by Gasteiger charge is -2.28. The fraction of sp³-hybridized carbons (Fsp3) is 0.872. The Balaban J connectivity index is 4.92. The number of ether oxygens (including phenoxy) is 6. The van der Waals surface area contributed by atoms with Crippen molar-refractivity contribution in [3.8, 4) is 0 Å². The third-order valence-electron chi connectivity index (χ3n) is 8.12. The minimum absolute atomic E-state index is 0.00600. The zero-order valence-electron chi connectivity index (χ0n) is 32.5. The van der Waals surface area contributed by atoms with Crippen LogP contribution in [0, 0.1) is 11.3 Å². The van der Waals surface area contributed by atoms with Gasteiger partial charge in [-0.1, -0.05) is 105 Å². The van der Waals surface area contributed by atoms with E-state index >= 15 is 0 Å². The van der Waals surface area contributed by atoms with Gasteiger partial charge in [0.15, 0.2) is 6.10 Å². The summed E-state index contributed by atoms with van der Waals surface area (Å²) in [5.41, 5.74) is -1.22. The molecule has 0 spiro atoms. The molecule has 0 rings (SSSR count). The third kappa shape index (κ3) is 26.2. The van der Waals surface area contributed by atoms with E-state index in [1.165, 1.54) is 38.5 Å². The summed E-state index contributed by atoms with van der Waals surface area (Å²) in [6.07, 6.45) is 14.6. The molecule has 0 aromatic carbocycles. The third-order valence-corrected chi connectivity index (χ3v) is 8.12. The van der Waals surface area contributed by atoms with Gasteiger partial charge in [-0.15, -0.1) is 0 Å². The Morgan fingerprint density at radius 2 is 1.00 bits per heavy atom. The van der Waals surface area contributed by atoms with Crippen molar-refractivity contribution in [3.05, 3.63) is 0 Å². The van der Waals surface area contributed by atoms with E-state index in [4.69, 9.17) is 28.4 Å². The summed E-state index contributed by atoms with van der Waals surface area (Å²) in [5.74, 6) is -2.76. The molecule has 0 aromatic heterocycles. The van der Waals surface area contributed by atoms with Crippen molar-refractivity contribution < 1.29 is 52.4 Å². The van der Waals surface area contributed by atoms with Gasteiger partial charge in [-0.2, -0.15) is 0 Å². The Morgan fingerprint density at radius 1 is 0.540 bits per heavy atom. The van der Waals surface area contributed by atoms with Crippen LogP contribution in [0.25, 0.3) is 0 Å². The quantitative estimate of drug-likeness (QED) is 0.0378. The minimum atomic E-state index is -1.22. The smallest absolute Gasteiger partial charge is 0.317 e. The van der Waals surface area contributed by atoms with E-state index in [2.05, 4.69) is 13.8 Å². The van der Waals surface area contributed by atoms with Crippen LogP contribution in [0.15, 0.2) is 0 Å². The zero-order valence-corrected chi connectivity index (χ0v) is 32.5. The summed E-state index contributed by atoms with van der Waals surface area (Å²) < 4.78 is 32.7. The molecule has 0 N–H and O–H groups in total. The summed E-state index contributed by atoms with van der Waals surface area (Å²) in [6, 6.07) is 0. The van der Waals surface area contributed by atoms with Crippen molar-refractivity contribution >= 4 is 29.8 Å². The van der Waals surface area contributed by atoms with E-state index in [1.54, 1.807) is 20.8 Å². The Bertz CT molecular complexity index is 899. The maximum Gasteiger partial charge on any atom is 0.317 e. The van der Waals surface area contributed by atoms with Crippen LogP contribution < -0.4 is 0 Å². The molecule has 292 valence electrons. The molecule has 11 heteroatoms. The van der Waals surface area contributed by atoms with Crippen molar-refractivity contribution in [2.75, 3.05) is 33.0 Å². The van der Waals surface area contributed by atoms with E-state index < -0.39 is 29.4 Å². The standard InChI is InChI=1S/C39H70O11/c1-8-10-12-14-16-18-20-23-34(40)46-27-33(28-47-35(41)24-21-19-17-15-13-11-9-2)50-36(42)25-22-26-45-38(44)39(7,29-48-32(5)6)30-49-37(43)31(3)4/h31-33H,8-30H2,1-7H3. The fourth-order valence-electron chi connectivity index (χ4n) is 4.79. The Labute approximate surface area is 302 Å². The second-order valence-corrected chi connectivity index (χ2v) is 14.1. The first-order valence-corrected chi connectivity index (χ1v) is 19.3. The van der Waals surface area contributed by atoms with E-state index in [-0.39, 0.29) is 82.7 Å². The van der Waals surface area contributed by atoms with Gasteiger partial charge >= 0.3 is 29.8 Å². The van der Waals surface area contributed by atoms with E-state index in [1.807, 2.05) is 13.8 Å². The predicted molar refractivity (Wildman–Crippen MR) is 192 cm³/mol. The van der Waals surface area contributed by atoms with E-state index in [0.29, 0.717) is 0 Å². The largest absolute Gasteiger partial charge is 0.465 e. The van der Waals surface area contributed by atoms with E-state index in [9.17, 15) is 24.0 Å². The number of carbonyl (C=O) groups is 5. The highest BCUT2D eigenvalue weighted by Crippen LogP contribution is 2.22. The van der Waals surface area contributed by atoms with Gasteiger partial charge in [-0.3, -0.25) is 24.0 Å². The molecule has 0 saturated carbocycles. The second-order valence-electron chi connectivity index (χ2n) is 14.1. The first-order chi connectivity index (χ1) is 23.8. The van der Waals surface area contributed by atoms with Crippen LogP contribution in [0.4, 0.5) is 0 Å². The monoisotopic (exact) mass is 714 g/mol. The number of unbranched alkanes of at least 4 members (excludes halogenated alkanes) is 12. The van der Waals surface area contributed by atoms with Gasteiger partial charge in [0.1, 0.15) is 25.2 Å². The first-order valence-electron chi connectivity index (χ1n) is 19.3. The average molecular weight is 715 g/mol. The first kappa shape index (κ1) is 47.3. The molecular formula is C39H70O11. The van der Waals surface area contributed by atoms with Crippen LogP contribution in [0.2, 0.25) is 0 Å². The molecule has 0 heterocycles. The Kier molecular flexibility index (Phi) is 28.4. The number of rotatable bonds is 32. The van der Waals surface area contributed by atoms with E-state index in [0.717, 1.165) is 51.4 Å². The number of hydrogen-bond donors (Lipinski definition) is 0. The van der Waals surface area contributed by atoms with Gasteiger partial charge in [0.2, 0.25) is 0 Å². The van der Waals surface area contributed by atoms with Crippen molar-refractivity contribution in [2.45, 2.75) is 176 Å². The Morgan fingerprint density at radius 3 is 1.46 bits per heavy atom. The van der Waals surface area contributed by atoms with Gasteiger partial charge in [0, 0.05) is 19.3 Å². The lowest BCUT2D eigenvalue weighted by molar-refractivity contribution is -0.170. The minimum Gasteiger partial charge on any atom is -0.465 e. The van der Waals surface area contributed by atoms with Crippen molar-refractivity contribution in [1.82, 2.24) is 0 Å². The average Bonchev–Trinajstić information content (AvgIpc) is 3.08. The van der Waals surface area contributed by atoms with Crippen molar-refractivity contribution in [1.29, 1.82) is 0 Å². The molecule has 50 heavy (non-hydrogen) atoms. The molecule has 0 aliphatic heterocycles.